The molecule has 30 heavy (non-hydrogen) atoms. The smallest absolute Gasteiger partial charge is 0.248 e. The third-order valence-corrected chi connectivity index (χ3v) is 5.37. The zero-order valence-corrected chi connectivity index (χ0v) is 17.7. The number of nitrogens with one attached hydrogen (secondary N) is 1. The van der Waals surface area contributed by atoms with Gasteiger partial charge in [-0.3, -0.25) is 4.79 Å². The number of nitrogens with two attached hydrogens (primary N) is 1. The lowest BCUT2D eigenvalue weighted by atomic mass is 9.86. The average Bonchev–Trinajstić information content (AvgIpc) is 2.68. The Morgan fingerprint density at radius 1 is 1.30 bits per heavy atom. The summed E-state index contributed by atoms with van der Waals surface area (Å²) in [6.45, 7) is 4.10. The van der Waals surface area contributed by atoms with Crippen molar-refractivity contribution in [3.63, 3.8) is 0 Å². The molecule has 0 bridgehead atoms. The van der Waals surface area contributed by atoms with Crippen LogP contribution in [0.4, 0.5) is 18.9 Å². The quantitative estimate of drug-likeness (QED) is 0.716. The third-order valence-electron chi connectivity index (χ3n) is 4.73. The van der Waals surface area contributed by atoms with Crippen molar-refractivity contribution in [2.45, 2.75) is 56.4 Å². The van der Waals surface area contributed by atoms with E-state index >= 15 is 0 Å². The number of alkyl halides is 2. The number of hydrogen-bond donors (Lipinski definition) is 2. The van der Waals surface area contributed by atoms with E-state index in [0.29, 0.717) is 24.4 Å². The van der Waals surface area contributed by atoms with Gasteiger partial charge in [-0.05, 0) is 48.6 Å². The molecule has 164 valence electrons. The minimum Gasteiger partial charge on any atom is -0.326 e. The van der Waals surface area contributed by atoms with Gasteiger partial charge >= 0.3 is 0 Å². The lowest BCUT2D eigenvalue weighted by Gasteiger charge is -2.27. The summed E-state index contributed by atoms with van der Waals surface area (Å²) < 4.78 is 50.2. The minimum atomic E-state index is -2.78. The zero-order valence-electron chi connectivity index (χ0n) is 16.9. The van der Waals surface area contributed by atoms with Crippen LogP contribution in [-0.4, -0.2) is 21.0 Å². The molecule has 1 aliphatic rings. The fourth-order valence-corrected chi connectivity index (χ4v) is 3.51. The van der Waals surface area contributed by atoms with Crippen LogP contribution in [0.5, 0.6) is 0 Å². The summed E-state index contributed by atoms with van der Waals surface area (Å²) in [6, 6.07) is 9.58. The predicted molar refractivity (Wildman–Crippen MR) is 111 cm³/mol. The van der Waals surface area contributed by atoms with Crippen LogP contribution in [0.15, 0.2) is 47.6 Å². The molecule has 1 aromatic heterocycles. The number of rotatable bonds is 4. The Labute approximate surface area is 176 Å². The lowest BCUT2D eigenvalue weighted by Crippen LogP contribution is -2.33. The van der Waals surface area contributed by atoms with Crippen LogP contribution < -0.4 is 10.5 Å². The van der Waals surface area contributed by atoms with Crippen LogP contribution >= 0.6 is 0 Å². The first-order valence-corrected chi connectivity index (χ1v) is 10.8. The molecule has 2 atom stereocenters. The predicted octanol–water partition coefficient (Wildman–Crippen LogP) is 4.78. The highest BCUT2D eigenvalue weighted by molar-refractivity contribution is 7.82. The Morgan fingerprint density at radius 3 is 2.60 bits per heavy atom. The van der Waals surface area contributed by atoms with Gasteiger partial charge in [0.2, 0.25) is 11.8 Å². The van der Waals surface area contributed by atoms with Crippen molar-refractivity contribution in [1.82, 2.24) is 4.98 Å². The molecule has 0 aliphatic heterocycles. The van der Waals surface area contributed by atoms with E-state index in [1.807, 2.05) is 6.07 Å². The first kappa shape index (κ1) is 24.0. The molecule has 1 aliphatic carbocycles. The van der Waals surface area contributed by atoms with E-state index in [-0.39, 0.29) is 17.3 Å². The van der Waals surface area contributed by atoms with E-state index in [0.717, 1.165) is 5.56 Å². The highest BCUT2D eigenvalue weighted by Crippen LogP contribution is 2.37. The van der Waals surface area contributed by atoms with Gasteiger partial charge in [-0.1, -0.05) is 26.0 Å². The fourth-order valence-electron chi connectivity index (χ4n) is 3.10. The molecule has 0 spiro atoms. The molecule has 1 aromatic carbocycles. The van der Waals surface area contributed by atoms with Gasteiger partial charge in [0.05, 0.1) is 0 Å². The van der Waals surface area contributed by atoms with Crippen molar-refractivity contribution in [3.05, 3.63) is 54.0 Å². The number of nitrogens with zero attached hydrogens (tertiary/aromatic N) is 1. The maximum absolute atomic E-state index is 13.3. The maximum atomic E-state index is 13.3. The molecule has 1 heterocycles. The largest absolute Gasteiger partial charge is 0.326 e. The SMILES string of the molecule is CC(C)c1cccc(F)c1.NS(=O)c1cc(NC(=O)C2CCCC(F)(F)C2)ccn1. The summed E-state index contributed by atoms with van der Waals surface area (Å²) in [5.41, 5.74) is 1.41. The van der Waals surface area contributed by atoms with Crippen molar-refractivity contribution >= 4 is 22.6 Å². The summed E-state index contributed by atoms with van der Waals surface area (Å²) in [5.74, 6) is -3.67. The van der Waals surface area contributed by atoms with Gasteiger partial charge in [0, 0.05) is 30.6 Å². The zero-order chi connectivity index (χ0) is 22.3. The molecule has 1 fully saturated rings. The maximum Gasteiger partial charge on any atom is 0.248 e. The third kappa shape index (κ3) is 7.53. The van der Waals surface area contributed by atoms with Crippen molar-refractivity contribution in [3.8, 4) is 0 Å². The van der Waals surface area contributed by atoms with Crippen LogP contribution in [0.25, 0.3) is 0 Å². The van der Waals surface area contributed by atoms with Gasteiger partial charge in [0.1, 0.15) is 21.8 Å². The Balaban J connectivity index is 0.000000269. The van der Waals surface area contributed by atoms with Gasteiger partial charge in [-0.25, -0.2) is 27.5 Å². The molecular formula is C21H26F3N3O2S. The normalized spacial score (nSPS) is 18.8. The number of aromatic nitrogens is 1. The molecule has 9 heteroatoms. The number of pyridine rings is 1. The van der Waals surface area contributed by atoms with Crippen molar-refractivity contribution in [1.29, 1.82) is 0 Å². The number of hydrogen-bond acceptors (Lipinski definition) is 3. The molecular weight excluding hydrogens is 415 g/mol. The van der Waals surface area contributed by atoms with Crippen LogP contribution in [0.2, 0.25) is 0 Å². The molecule has 2 unspecified atom stereocenters. The number of halogens is 3. The number of anilines is 1. The summed E-state index contributed by atoms with van der Waals surface area (Å²) in [4.78, 5) is 15.7. The highest BCUT2D eigenvalue weighted by Gasteiger charge is 2.39. The fraction of sp³-hybridized carbons (Fsp3) is 0.429. The number of amides is 1. The van der Waals surface area contributed by atoms with E-state index in [4.69, 9.17) is 5.14 Å². The average molecular weight is 442 g/mol. The van der Waals surface area contributed by atoms with E-state index < -0.39 is 35.2 Å². The Kier molecular flexibility index (Phi) is 8.54. The van der Waals surface area contributed by atoms with Crippen molar-refractivity contribution in [2.75, 3.05) is 5.32 Å². The van der Waals surface area contributed by atoms with Crippen LogP contribution in [0.1, 0.15) is 51.0 Å². The van der Waals surface area contributed by atoms with Crippen LogP contribution in [0, 0.1) is 11.7 Å². The molecule has 1 amide bonds. The second-order valence-electron chi connectivity index (χ2n) is 7.53. The monoisotopic (exact) mass is 441 g/mol. The lowest BCUT2D eigenvalue weighted by molar-refractivity contribution is -0.127. The van der Waals surface area contributed by atoms with Gasteiger partial charge in [-0.15, -0.1) is 0 Å². The summed E-state index contributed by atoms with van der Waals surface area (Å²) in [6.07, 6.45) is 1.54. The summed E-state index contributed by atoms with van der Waals surface area (Å²) in [7, 11) is -1.75. The minimum absolute atomic E-state index is 0.122. The van der Waals surface area contributed by atoms with Gasteiger partial charge < -0.3 is 5.32 Å². The van der Waals surface area contributed by atoms with Crippen LogP contribution in [0.3, 0.4) is 0 Å². The highest BCUT2D eigenvalue weighted by atomic mass is 32.2. The van der Waals surface area contributed by atoms with Gasteiger partial charge in [0.25, 0.3) is 0 Å². The molecule has 0 saturated heterocycles. The Hall–Kier alpha value is -2.26. The Morgan fingerprint density at radius 2 is 2.03 bits per heavy atom. The van der Waals surface area contributed by atoms with E-state index in [2.05, 4.69) is 24.1 Å². The molecule has 2 aromatic rings. The standard InChI is InChI=1S/C12H15F2N3O2S.C9H11F/c13-12(14)4-1-2-8(7-12)11(18)17-9-3-5-16-10(6-9)20(15)19;1-7(2)8-4-3-5-9(10)6-8/h3,5-6,8H,1-2,4,7,15H2,(H,16,17,18);3-7H,1-2H3. The van der Waals surface area contributed by atoms with Crippen LogP contribution in [-0.2, 0) is 15.8 Å². The second kappa shape index (κ2) is 10.7. The van der Waals surface area contributed by atoms with E-state index in [1.54, 1.807) is 12.1 Å². The first-order valence-electron chi connectivity index (χ1n) is 9.64. The molecule has 1 saturated carbocycles. The van der Waals surface area contributed by atoms with Gasteiger partial charge in [0.15, 0.2) is 0 Å². The molecule has 3 N–H and O–H groups in total. The number of carbonyl (C=O) groups excluding carboxylic acids is 1. The van der Waals surface area contributed by atoms with Crippen molar-refractivity contribution in [2.24, 2.45) is 11.1 Å². The number of carbonyl (C=O) groups is 1. The molecule has 5 nitrogen and oxygen atoms in total. The van der Waals surface area contributed by atoms with Gasteiger partial charge in [-0.2, -0.15) is 0 Å². The number of benzene rings is 1. The van der Waals surface area contributed by atoms with E-state index in [1.165, 1.54) is 24.4 Å². The first-order chi connectivity index (χ1) is 14.1. The van der Waals surface area contributed by atoms with Crippen molar-refractivity contribution < 1.29 is 22.2 Å². The van der Waals surface area contributed by atoms with E-state index in [9.17, 15) is 22.2 Å². The summed E-state index contributed by atoms with van der Waals surface area (Å²) >= 11 is 0. The second-order valence-corrected chi connectivity index (χ2v) is 8.54. The molecule has 3 rings (SSSR count). The molecule has 0 radical (unpaired) electrons. The Bertz CT molecular complexity index is 893. The topological polar surface area (TPSA) is 85.1 Å². The summed E-state index contributed by atoms with van der Waals surface area (Å²) in [5, 5.41) is 7.85.